The zero-order valence-corrected chi connectivity index (χ0v) is 16.1. The van der Waals surface area contributed by atoms with Gasteiger partial charge in [0.1, 0.15) is 6.61 Å². The number of esters is 1. The highest BCUT2D eigenvalue weighted by atomic mass is 16.5. The minimum absolute atomic E-state index is 0.0772. The van der Waals surface area contributed by atoms with E-state index >= 15 is 0 Å². The highest BCUT2D eigenvalue weighted by Crippen LogP contribution is 2.20. The van der Waals surface area contributed by atoms with Crippen LogP contribution >= 0.6 is 0 Å². The predicted octanol–water partition coefficient (Wildman–Crippen LogP) is 3.58. The van der Waals surface area contributed by atoms with E-state index in [1.54, 1.807) is 42.2 Å². The minimum Gasteiger partial charge on any atom is -0.463 e. The van der Waals surface area contributed by atoms with E-state index in [4.69, 9.17) is 4.74 Å². The Kier molecular flexibility index (Phi) is 6.58. The highest BCUT2D eigenvalue weighted by molar-refractivity contribution is 6.09. The largest absolute Gasteiger partial charge is 0.463 e. The molecule has 0 radical (unpaired) electrons. The molecule has 3 rings (SSSR count). The van der Waals surface area contributed by atoms with Crippen LogP contribution in [-0.2, 0) is 14.3 Å². The van der Waals surface area contributed by atoms with Crippen molar-refractivity contribution in [3.8, 4) is 0 Å². The monoisotopic (exact) mass is 379 g/mol. The van der Waals surface area contributed by atoms with E-state index in [0.29, 0.717) is 24.1 Å². The van der Waals surface area contributed by atoms with Crippen LogP contribution < -0.4 is 0 Å². The van der Waals surface area contributed by atoms with Gasteiger partial charge in [0, 0.05) is 24.1 Å². The molecule has 1 aliphatic rings. The van der Waals surface area contributed by atoms with Crippen LogP contribution in [-0.4, -0.2) is 42.3 Å². The van der Waals surface area contributed by atoms with E-state index in [1.165, 1.54) is 0 Å². The molecule has 1 aliphatic heterocycles. The molecule has 1 atom stereocenters. The van der Waals surface area contributed by atoms with Crippen LogP contribution in [0.1, 0.15) is 53.6 Å². The van der Waals surface area contributed by atoms with Gasteiger partial charge in [0.25, 0.3) is 0 Å². The van der Waals surface area contributed by atoms with E-state index < -0.39 is 5.92 Å². The van der Waals surface area contributed by atoms with Crippen LogP contribution in [0.25, 0.3) is 0 Å². The third-order valence-corrected chi connectivity index (χ3v) is 5.07. The van der Waals surface area contributed by atoms with Crippen molar-refractivity contribution in [3.05, 3.63) is 71.3 Å². The number of ether oxygens (including phenoxy) is 1. The number of rotatable bonds is 7. The van der Waals surface area contributed by atoms with Crippen LogP contribution in [0.5, 0.6) is 0 Å². The second-order valence-electron chi connectivity index (χ2n) is 7.05. The number of nitrogens with zero attached hydrogens (tertiary/aromatic N) is 1. The van der Waals surface area contributed by atoms with Crippen molar-refractivity contribution < 1.29 is 19.1 Å². The van der Waals surface area contributed by atoms with Crippen molar-refractivity contribution in [3.63, 3.8) is 0 Å². The van der Waals surface area contributed by atoms with Crippen LogP contribution in [0.3, 0.4) is 0 Å². The average molecular weight is 379 g/mol. The molecule has 2 aromatic carbocycles. The molecule has 146 valence electrons. The number of ketones is 1. The summed E-state index contributed by atoms with van der Waals surface area (Å²) in [6, 6.07) is 16.2. The molecule has 0 bridgehead atoms. The molecule has 5 heteroatoms. The molecule has 0 saturated carbocycles. The fourth-order valence-corrected chi connectivity index (χ4v) is 3.32. The fourth-order valence-electron chi connectivity index (χ4n) is 3.32. The molecule has 1 unspecified atom stereocenters. The summed E-state index contributed by atoms with van der Waals surface area (Å²) < 4.78 is 5.38. The lowest BCUT2D eigenvalue weighted by molar-refractivity contribution is -0.147. The van der Waals surface area contributed by atoms with Crippen LogP contribution in [0.15, 0.2) is 54.6 Å². The van der Waals surface area contributed by atoms with E-state index in [-0.39, 0.29) is 24.3 Å². The second kappa shape index (κ2) is 9.31. The number of benzene rings is 2. The van der Waals surface area contributed by atoms with Gasteiger partial charge in [0.05, 0.1) is 12.5 Å². The summed E-state index contributed by atoms with van der Waals surface area (Å²) in [6.45, 7) is 3.12. The lowest BCUT2D eigenvalue weighted by Crippen LogP contribution is -2.38. The normalized spacial score (nSPS) is 15.2. The summed E-state index contributed by atoms with van der Waals surface area (Å²) in [5.74, 6) is -0.788. The van der Waals surface area contributed by atoms with Crippen LogP contribution in [0.4, 0.5) is 0 Å². The van der Waals surface area contributed by atoms with E-state index in [2.05, 4.69) is 0 Å². The number of hydrogen-bond acceptors (Lipinski definition) is 4. The van der Waals surface area contributed by atoms with Crippen LogP contribution in [0.2, 0.25) is 0 Å². The predicted molar refractivity (Wildman–Crippen MR) is 106 cm³/mol. The lowest BCUT2D eigenvalue weighted by Gasteiger charge is -2.26. The van der Waals surface area contributed by atoms with Gasteiger partial charge in [-0.05, 0) is 31.4 Å². The summed E-state index contributed by atoms with van der Waals surface area (Å²) in [5.41, 5.74) is 1.89. The Balaban J connectivity index is 1.59. The fraction of sp³-hybridized carbons (Fsp3) is 0.348. The summed E-state index contributed by atoms with van der Waals surface area (Å²) >= 11 is 0. The number of likely N-dealkylation sites (tertiary alicyclic amines) is 1. The standard InChI is InChI=1S/C23H25NO4/c1-17(23(27)28-15-14-24-13-6-5-12-21(24)25)19-10-7-11-20(16-19)22(26)18-8-3-2-4-9-18/h2-4,7-11,16-17H,5-6,12-15H2,1H3. The first-order chi connectivity index (χ1) is 13.6. The molecule has 1 saturated heterocycles. The molecule has 5 nitrogen and oxygen atoms in total. The Morgan fingerprint density at radius 2 is 1.79 bits per heavy atom. The first kappa shape index (κ1) is 19.8. The summed E-state index contributed by atoms with van der Waals surface area (Å²) in [6.07, 6.45) is 2.51. The maximum atomic E-state index is 12.6. The van der Waals surface area contributed by atoms with Gasteiger partial charge in [-0.15, -0.1) is 0 Å². The quantitative estimate of drug-likeness (QED) is 0.545. The van der Waals surface area contributed by atoms with E-state index in [9.17, 15) is 14.4 Å². The van der Waals surface area contributed by atoms with Gasteiger partial charge in [0.15, 0.2) is 5.78 Å². The van der Waals surface area contributed by atoms with Crippen molar-refractivity contribution in [2.45, 2.75) is 32.1 Å². The Labute approximate surface area is 165 Å². The molecule has 2 aromatic rings. The first-order valence-corrected chi connectivity index (χ1v) is 9.70. The summed E-state index contributed by atoms with van der Waals surface area (Å²) in [5, 5.41) is 0. The minimum atomic E-state index is -0.486. The van der Waals surface area contributed by atoms with Crippen molar-refractivity contribution in [2.75, 3.05) is 19.7 Å². The zero-order valence-electron chi connectivity index (χ0n) is 16.1. The van der Waals surface area contributed by atoms with E-state index in [1.807, 2.05) is 24.3 Å². The van der Waals surface area contributed by atoms with Gasteiger partial charge in [-0.1, -0.05) is 48.5 Å². The van der Waals surface area contributed by atoms with Gasteiger partial charge >= 0.3 is 5.97 Å². The van der Waals surface area contributed by atoms with Gasteiger partial charge < -0.3 is 9.64 Å². The van der Waals surface area contributed by atoms with E-state index in [0.717, 1.165) is 24.9 Å². The molecule has 1 fully saturated rings. The van der Waals surface area contributed by atoms with Crippen LogP contribution in [0, 0.1) is 0 Å². The molecular formula is C23H25NO4. The van der Waals surface area contributed by atoms with Gasteiger partial charge in [0.2, 0.25) is 5.91 Å². The maximum absolute atomic E-state index is 12.6. The topological polar surface area (TPSA) is 63.7 Å². The third kappa shape index (κ3) is 4.85. The molecule has 0 aliphatic carbocycles. The third-order valence-electron chi connectivity index (χ3n) is 5.07. The molecule has 1 amide bonds. The smallest absolute Gasteiger partial charge is 0.313 e. The SMILES string of the molecule is CC(C(=O)OCCN1CCCCC1=O)c1cccc(C(=O)c2ccccc2)c1. The summed E-state index contributed by atoms with van der Waals surface area (Å²) in [4.78, 5) is 38.6. The Hall–Kier alpha value is -2.95. The molecule has 1 heterocycles. The van der Waals surface area contributed by atoms with Crippen molar-refractivity contribution in [2.24, 2.45) is 0 Å². The van der Waals surface area contributed by atoms with Gasteiger partial charge in [-0.25, -0.2) is 0 Å². The highest BCUT2D eigenvalue weighted by Gasteiger charge is 2.21. The maximum Gasteiger partial charge on any atom is 0.313 e. The number of carbonyl (C=O) groups is 3. The Morgan fingerprint density at radius 1 is 1.04 bits per heavy atom. The average Bonchev–Trinajstić information content (AvgIpc) is 2.74. The number of carbonyl (C=O) groups excluding carboxylic acids is 3. The molecule has 0 spiro atoms. The Morgan fingerprint density at radius 3 is 2.54 bits per heavy atom. The zero-order chi connectivity index (χ0) is 19.9. The lowest BCUT2D eigenvalue weighted by atomic mass is 9.96. The van der Waals surface area contributed by atoms with Gasteiger partial charge in [-0.3, -0.25) is 14.4 Å². The van der Waals surface area contributed by atoms with Crippen molar-refractivity contribution in [1.29, 1.82) is 0 Å². The molecule has 0 aromatic heterocycles. The second-order valence-corrected chi connectivity index (χ2v) is 7.05. The molecular weight excluding hydrogens is 354 g/mol. The van der Waals surface area contributed by atoms with Crippen molar-refractivity contribution >= 4 is 17.7 Å². The molecule has 0 N–H and O–H groups in total. The summed E-state index contributed by atoms with van der Waals surface area (Å²) in [7, 11) is 0. The Bertz CT molecular complexity index is 847. The van der Waals surface area contributed by atoms with Gasteiger partial charge in [-0.2, -0.15) is 0 Å². The van der Waals surface area contributed by atoms with Crippen molar-refractivity contribution in [1.82, 2.24) is 4.90 Å². The first-order valence-electron chi connectivity index (χ1n) is 9.70. The molecule has 28 heavy (non-hydrogen) atoms. The number of amides is 1. The number of piperidine rings is 1. The number of hydrogen-bond donors (Lipinski definition) is 0.